The van der Waals surface area contributed by atoms with Crippen LogP contribution in [-0.4, -0.2) is 30.2 Å². The van der Waals surface area contributed by atoms with Crippen molar-refractivity contribution in [3.05, 3.63) is 0 Å². The van der Waals surface area contributed by atoms with Crippen LogP contribution >= 0.6 is 0 Å². The zero-order chi connectivity index (χ0) is 9.19. The first-order valence-electron chi connectivity index (χ1n) is 5.50. The van der Waals surface area contributed by atoms with Gasteiger partial charge in [0.25, 0.3) is 0 Å². The zero-order valence-corrected chi connectivity index (χ0v) is 9.14. The van der Waals surface area contributed by atoms with E-state index in [1.54, 1.807) is 0 Å². The first-order chi connectivity index (χ1) is 5.65. The van der Waals surface area contributed by atoms with E-state index in [2.05, 4.69) is 27.8 Å². The SMILES string of the molecule is CCC1CCCC(C)[N+]1(C)CC. The van der Waals surface area contributed by atoms with E-state index in [9.17, 15) is 0 Å². The van der Waals surface area contributed by atoms with Crippen LogP contribution in [0.2, 0.25) is 0 Å². The van der Waals surface area contributed by atoms with Crippen molar-refractivity contribution < 1.29 is 4.48 Å². The van der Waals surface area contributed by atoms with Gasteiger partial charge in [0.1, 0.15) is 0 Å². The Balaban J connectivity index is 2.72. The van der Waals surface area contributed by atoms with Crippen LogP contribution in [0.5, 0.6) is 0 Å². The molecular formula is C11H24N+. The second kappa shape index (κ2) is 3.78. The lowest BCUT2D eigenvalue weighted by molar-refractivity contribution is -0.958. The Morgan fingerprint density at radius 2 is 1.92 bits per heavy atom. The van der Waals surface area contributed by atoms with E-state index in [0.29, 0.717) is 0 Å². The molecule has 3 unspecified atom stereocenters. The Morgan fingerprint density at radius 3 is 2.33 bits per heavy atom. The van der Waals surface area contributed by atoms with E-state index >= 15 is 0 Å². The molecule has 0 aliphatic carbocycles. The molecule has 1 rings (SSSR count). The summed E-state index contributed by atoms with van der Waals surface area (Å²) < 4.78 is 1.32. The number of nitrogens with zero attached hydrogens (tertiary/aromatic N) is 1. The molecule has 0 radical (unpaired) electrons. The van der Waals surface area contributed by atoms with E-state index in [1.807, 2.05) is 0 Å². The lowest BCUT2D eigenvalue weighted by Gasteiger charge is -2.48. The molecule has 0 aromatic carbocycles. The standard InChI is InChI=1S/C11H24N/c1-5-11-9-7-8-10(3)12(11,4)6-2/h10-11H,5-9H2,1-4H3/q+1. The number of likely N-dealkylation sites (tertiary alicyclic amines) is 1. The second-order valence-electron chi connectivity index (χ2n) is 4.51. The first kappa shape index (κ1) is 10.0. The molecule has 12 heavy (non-hydrogen) atoms. The van der Waals surface area contributed by atoms with Gasteiger partial charge >= 0.3 is 0 Å². The molecule has 1 saturated heterocycles. The van der Waals surface area contributed by atoms with E-state index in [1.165, 1.54) is 36.7 Å². The summed E-state index contributed by atoms with van der Waals surface area (Å²) in [5.41, 5.74) is 0. The summed E-state index contributed by atoms with van der Waals surface area (Å²) in [6.45, 7) is 8.41. The smallest absolute Gasteiger partial charge is 0.0887 e. The topological polar surface area (TPSA) is 0 Å². The van der Waals surface area contributed by atoms with Crippen LogP contribution < -0.4 is 0 Å². The number of hydrogen-bond acceptors (Lipinski definition) is 0. The highest BCUT2D eigenvalue weighted by atomic mass is 15.4. The summed E-state index contributed by atoms with van der Waals surface area (Å²) in [5.74, 6) is 0. The number of piperidine rings is 1. The van der Waals surface area contributed by atoms with Crippen LogP contribution in [-0.2, 0) is 0 Å². The van der Waals surface area contributed by atoms with Gasteiger partial charge in [0.15, 0.2) is 0 Å². The first-order valence-corrected chi connectivity index (χ1v) is 5.50. The molecule has 1 fully saturated rings. The van der Waals surface area contributed by atoms with Crippen molar-refractivity contribution in [1.29, 1.82) is 0 Å². The summed E-state index contributed by atoms with van der Waals surface area (Å²) in [4.78, 5) is 0. The summed E-state index contributed by atoms with van der Waals surface area (Å²) in [7, 11) is 2.44. The minimum Gasteiger partial charge on any atom is -0.322 e. The van der Waals surface area contributed by atoms with Crippen LogP contribution in [0, 0.1) is 0 Å². The average molecular weight is 170 g/mol. The highest BCUT2D eigenvalue weighted by Gasteiger charge is 2.37. The molecule has 1 heteroatoms. The van der Waals surface area contributed by atoms with Crippen LogP contribution in [0.4, 0.5) is 0 Å². The average Bonchev–Trinajstić information content (AvgIpc) is 2.10. The van der Waals surface area contributed by atoms with Crippen molar-refractivity contribution in [3.63, 3.8) is 0 Å². The molecule has 0 amide bonds. The van der Waals surface area contributed by atoms with Gasteiger partial charge in [0.2, 0.25) is 0 Å². The van der Waals surface area contributed by atoms with Crippen LogP contribution in [0.1, 0.15) is 46.5 Å². The molecule has 0 bridgehead atoms. The monoisotopic (exact) mass is 170 g/mol. The molecule has 3 atom stereocenters. The Morgan fingerprint density at radius 1 is 1.25 bits per heavy atom. The van der Waals surface area contributed by atoms with Gasteiger partial charge in [0.05, 0.1) is 25.7 Å². The Labute approximate surface area is 77.4 Å². The largest absolute Gasteiger partial charge is 0.322 e. The fourth-order valence-corrected chi connectivity index (χ4v) is 2.79. The normalized spacial score (nSPS) is 43.0. The van der Waals surface area contributed by atoms with Crippen molar-refractivity contribution in [1.82, 2.24) is 0 Å². The third kappa shape index (κ3) is 1.52. The van der Waals surface area contributed by atoms with Gasteiger partial charge in [-0.3, -0.25) is 0 Å². The highest BCUT2D eigenvalue weighted by Crippen LogP contribution is 2.30. The molecule has 1 nitrogen and oxygen atoms in total. The third-order valence-corrected chi connectivity index (χ3v) is 4.15. The maximum Gasteiger partial charge on any atom is 0.0887 e. The predicted octanol–water partition coefficient (Wildman–Crippen LogP) is 2.80. The van der Waals surface area contributed by atoms with Crippen molar-refractivity contribution in [2.75, 3.05) is 13.6 Å². The molecule has 0 saturated carbocycles. The van der Waals surface area contributed by atoms with Gasteiger partial charge in [-0.05, 0) is 39.5 Å². The summed E-state index contributed by atoms with van der Waals surface area (Å²) in [6, 6.07) is 1.81. The lowest BCUT2D eigenvalue weighted by atomic mass is 9.92. The maximum atomic E-state index is 2.44. The van der Waals surface area contributed by atoms with E-state index in [-0.39, 0.29) is 0 Å². The number of rotatable bonds is 2. The summed E-state index contributed by atoms with van der Waals surface area (Å²) in [5, 5.41) is 0. The molecule has 72 valence electrons. The fraction of sp³-hybridized carbons (Fsp3) is 1.00. The molecule has 1 aliphatic heterocycles. The summed E-state index contributed by atoms with van der Waals surface area (Å²) in [6.07, 6.45) is 5.69. The quantitative estimate of drug-likeness (QED) is 0.559. The lowest BCUT2D eigenvalue weighted by Crippen LogP contribution is -2.59. The van der Waals surface area contributed by atoms with Gasteiger partial charge in [-0.2, -0.15) is 0 Å². The fourth-order valence-electron chi connectivity index (χ4n) is 2.79. The molecule has 0 spiro atoms. The van der Waals surface area contributed by atoms with Gasteiger partial charge < -0.3 is 4.48 Å². The number of hydrogen-bond donors (Lipinski definition) is 0. The van der Waals surface area contributed by atoms with Gasteiger partial charge in [-0.25, -0.2) is 0 Å². The van der Waals surface area contributed by atoms with Crippen molar-refractivity contribution in [2.24, 2.45) is 0 Å². The molecule has 0 N–H and O–H groups in total. The molecular weight excluding hydrogens is 146 g/mol. The minimum atomic E-state index is 0.883. The zero-order valence-electron chi connectivity index (χ0n) is 9.14. The predicted molar refractivity (Wildman–Crippen MR) is 54.1 cm³/mol. The number of quaternary nitrogens is 1. The van der Waals surface area contributed by atoms with Crippen molar-refractivity contribution in [2.45, 2.75) is 58.5 Å². The summed E-state index contributed by atoms with van der Waals surface area (Å²) >= 11 is 0. The van der Waals surface area contributed by atoms with Crippen LogP contribution in [0.15, 0.2) is 0 Å². The van der Waals surface area contributed by atoms with Crippen molar-refractivity contribution in [3.8, 4) is 0 Å². The minimum absolute atomic E-state index is 0.883. The Hall–Kier alpha value is -0.0400. The van der Waals surface area contributed by atoms with E-state index < -0.39 is 0 Å². The van der Waals surface area contributed by atoms with Gasteiger partial charge in [-0.1, -0.05) is 6.92 Å². The van der Waals surface area contributed by atoms with E-state index in [0.717, 1.165) is 12.1 Å². The third-order valence-electron chi connectivity index (χ3n) is 4.15. The van der Waals surface area contributed by atoms with Crippen LogP contribution in [0.3, 0.4) is 0 Å². The molecule has 0 aromatic rings. The molecule has 0 aromatic heterocycles. The van der Waals surface area contributed by atoms with Crippen molar-refractivity contribution >= 4 is 0 Å². The molecule has 1 heterocycles. The van der Waals surface area contributed by atoms with Crippen LogP contribution in [0.25, 0.3) is 0 Å². The van der Waals surface area contributed by atoms with Gasteiger partial charge in [0, 0.05) is 0 Å². The molecule has 1 aliphatic rings. The maximum absolute atomic E-state index is 2.44. The second-order valence-corrected chi connectivity index (χ2v) is 4.51. The Kier molecular flexibility index (Phi) is 3.16. The van der Waals surface area contributed by atoms with Gasteiger partial charge in [-0.15, -0.1) is 0 Å². The highest BCUT2D eigenvalue weighted by molar-refractivity contribution is 4.68. The van der Waals surface area contributed by atoms with E-state index in [4.69, 9.17) is 0 Å². The Bertz CT molecular complexity index is 144.